The Morgan fingerprint density at radius 2 is 1.51 bits per heavy atom. The Bertz CT molecular complexity index is 1120. The average Bonchev–Trinajstić information content (AvgIpc) is 3.65. The van der Waals surface area contributed by atoms with E-state index >= 15 is 0 Å². The lowest BCUT2D eigenvalue weighted by Gasteiger charge is -2.41. The summed E-state index contributed by atoms with van der Waals surface area (Å²) < 4.78 is 5.52. The number of piperidine rings is 1. The smallest absolute Gasteiger partial charge is 0.407 e. The predicted octanol–water partition coefficient (Wildman–Crippen LogP) is 2.61. The zero-order chi connectivity index (χ0) is 33.7. The Kier molecular flexibility index (Phi) is 11.9. The molecule has 0 aromatic heterocycles. The number of nitrogens with one attached hydrogen (secondary N) is 1. The highest BCUT2D eigenvalue weighted by Gasteiger charge is 2.49. The maximum Gasteiger partial charge on any atom is 0.407 e. The van der Waals surface area contributed by atoms with Crippen LogP contribution < -0.4 is 5.32 Å². The fourth-order valence-corrected chi connectivity index (χ4v) is 6.94. The van der Waals surface area contributed by atoms with Crippen LogP contribution in [-0.2, 0) is 28.7 Å². The van der Waals surface area contributed by atoms with Gasteiger partial charge in [-0.25, -0.2) is 4.79 Å². The van der Waals surface area contributed by atoms with E-state index in [0.29, 0.717) is 51.6 Å². The summed E-state index contributed by atoms with van der Waals surface area (Å²) in [5, 5.41) is 12.5. The molecule has 2 saturated heterocycles. The highest BCUT2D eigenvalue weighted by atomic mass is 16.6. The Morgan fingerprint density at radius 1 is 0.911 bits per heavy atom. The molecule has 3 aliphatic rings. The number of hydrogen-bond acceptors (Lipinski definition) is 7. The van der Waals surface area contributed by atoms with Crippen LogP contribution in [-0.4, -0.2) is 123 Å². The molecule has 45 heavy (non-hydrogen) atoms. The molecule has 2 N–H and O–H groups in total. The van der Waals surface area contributed by atoms with Crippen LogP contribution in [0, 0.1) is 5.92 Å². The minimum Gasteiger partial charge on any atom is -0.465 e. The summed E-state index contributed by atoms with van der Waals surface area (Å²) in [6.45, 7) is 10.2. The average molecular weight is 636 g/mol. The summed E-state index contributed by atoms with van der Waals surface area (Å²) in [7, 11) is 3.01. The molecular weight excluding hydrogens is 582 g/mol. The predicted molar refractivity (Wildman–Crippen MR) is 166 cm³/mol. The zero-order valence-electron chi connectivity index (χ0n) is 28.1. The number of likely N-dealkylation sites (tertiary alicyclic amines) is 2. The number of hydrogen-bond donors (Lipinski definition) is 2. The molecule has 3 atom stereocenters. The van der Waals surface area contributed by atoms with Crippen LogP contribution in [0.1, 0.15) is 98.8 Å². The summed E-state index contributed by atoms with van der Waals surface area (Å²) >= 11 is 0. The van der Waals surface area contributed by atoms with Gasteiger partial charge < -0.3 is 29.9 Å². The molecule has 1 unspecified atom stereocenters. The summed E-state index contributed by atoms with van der Waals surface area (Å²) in [5.41, 5.74) is -2.05. The number of carboxylic acid groups (broad SMARTS) is 1. The molecule has 0 radical (unpaired) electrons. The Balaban J connectivity index is 1.86. The number of carbonyl (C=O) groups excluding carboxylic acids is 5. The molecule has 2 aliphatic heterocycles. The van der Waals surface area contributed by atoms with E-state index in [9.17, 15) is 33.9 Å². The lowest BCUT2D eigenvalue weighted by atomic mass is 9.91. The molecular formula is C32H53N5O8. The van der Waals surface area contributed by atoms with Gasteiger partial charge in [0.05, 0.1) is 6.42 Å². The minimum atomic E-state index is -1.27. The Labute approximate surface area is 267 Å². The van der Waals surface area contributed by atoms with Crippen molar-refractivity contribution in [1.82, 2.24) is 24.9 Å². The SMILES string of the molecule is CC(C)[C@@H](C(=O)N(C)[C@@H](CC(=O)OC(C)(C)C)C(=O)N1CCCCC1)N(C)C(=O)C1(NC(=O)C2CCCN2C(=O)O)CCCC1. The number of rotatable bonds is 10. The normalized spacial score (nSPS) is 21.2. The van der Waals surface area contributed by atoms with Gasteiger partial charge in [-0.3, -0.25) is 28.9 Å². The van der Waals surface area contributed by atoms with E-state index in [-0.39, 0.29) is 24.8 Å². The quantitative estimate of drug-likeness (QED) is 0.347. The molecule has 2 heterocycles. The number of ether oxygens (including phenoxy) is 1. The van der Waals surface area contributed by atoms with Crippen LogP contribution in [0.15, 0.2) is 0 Å². The second-order valence-electron chi connectivity index (χ2n) is 14.2. The van der Waals surface area contributed by atoms with Gasteiger partial charge in [-0.1, -0.05) is 26.7 Å². The van der Waals surface area contributed by atoms with Gasteiger partial charge in [0, 0.05) is 33.7 Å². The molecule has 0 aromatic rings. The lowest BCUT2D eigenvalue weighted by molar-refractivity contribution is -0.162. The van der Waals surface area contributed by atoms with E-state index in [1.54, 1.807) is 39.5 Å². The van der Waals surface area contributed by atoms with Gasteiger partial charge in [0.25, 0.3) is 0 Å². The van der Waals surface area contributed by atoms with Crippen LogP contribution in [0.4, 0.5) is 4.79 Å². The van der Waals surface area contributed by atoms with Crippen molar-refractivity contribution in [3.8, 4) is 0 Å². The first-order valence-corrected chi connectivity index (χ1v) is 16.3. The van der Waals surface area contributed by atoms with Crippen molar-refractivity contribution in [2.24, 2.45) is 5.92 Å². The minimum absolute atomic E-state index is 0.255. The summed E-state index contributed by atoms with van der Waals surface area (Å²) in [6, 6.07) is -2.98. The molecule has 13 nitrogen and oxygen atoms in total. The zero-order valence-corrected chi connectivity index (χ0v) is 28.1. The molecule has 5 amide bonds. The lowest BCUT2D eigenvalue weighted by Crippen LogP contribution is -2.64. The van der Waals surface area contributed by atoms with Crippen molar-refractivity contribution in [3.63, 3.8) is 0 Å². The second-order valence-corrected chi connectivity index (χ2v) is 14.2. The van der Waals surface area contributed by atoms with Gasteiger partial charge in [-0.05, 0) is 71.6 Å². The van der Waals surface area contributed by atoms with Gasteiger partial charge in [0.2, 0.25) is 23.6 Å². The van der Waals surface area contributed by atoms with Crippen LogP contribution in [0.5, 0.6) is 0 Å². The van der Waals surface area contributed by atoms with E-state index in [1.807, 2.05) is 0 Å². The molecule has 0 spiro atoms. The standard InChI is InChI=1S/C32H53N5O8/c1-21(2)25(28(41)34(6)23(20-24(38)45-31(3,4)5)27(40)36-17-11-8-12-18-36)35(7)29(42)32(15-9-10-16-32)33-26(39)22-14-13-19-37(22)30(43)44/h21-23,25H,8-20H2,1-7H3,(H,33,39)(H,43,44)/t22?,23-,25-/m0/s1. The van der Waals surface area contributed by atoms with Gasteiger partial charge >= 0.3 is 12.1 Å². The third-order valence-electron chi connectivity index (χ3n) is 9.20. The first kappa shape index (κ1) is 36.1. The molecule has 3 fully saturated rings. The van der Waals surface area contributed by atoms with E-state index in [1.165, 1.54) is 23.9 Å². The summed E-state index contributed by atoms with van der Waals surface area (Å²) in [6.07, 6.45) is 4.24. The maximum absolute atomic E-state index is 14.3. The third-order valence-corrected chi connectivity index (χ3v) is 9.20. The second kappa shape index (κ2) is 14.8. The summed E-state index contributed by atoms with van der Waals surface area (Å²) in [5.74, 6) is -2.72. The van der Waals surface area contributed by atoms with Gasteiger partial charge in [-0.15, -0.1) is 0 Å². The Hall–Kier alpha value is -3.38. The third kappa shape index (κ3) is 8.66. The monoisotopic (exact) mass is 635 g/mol. The van der Waals surface area contributed by atoms with Crippen molar-refractivity contribution in [2.45, 2.75) is 128 Å². The first-order chi connectivity index (χ1) is 21.0. The molecule has 254 valence electrons. The molecule has 1 saturated carbocycles. The van der Waals surface area contributed by atoms with Crippen LogP contribution in [0.2, 0.25) is 0 Å². The van der Waals surface area contributed by atoms with Crippen molar-refractivity contribution < 1.29 is 38.6 Å². The van der Waals surface area contributed by atoms with E-state index in [0.717, 1.165) is 24.2 Å². The first-order valence-electron chi connectivity index (χ1n) is 16.3. The molecule has 0 aromatic carbocycles. The highest BCUT2D eigenvalue weighted by Crippen LogP contribution is 2.34. The number of esters is 1. The van der Waals surface area contributed by atoms with E-state index < -0.39 is 59.0 Å². The topological polar surface area (TPSA) is 157 Å². The number of carbonyl (C=O) groups is 6. The fourth-order valence-electron chi connectivity index (χ4n) is 6.94. The van der Waals surface area contributed by atoms with Crippen molar-refractivity contribution >= 4 is 35.7 Å². The van der Waals surface area contributed by atoms with Crippen molar-refractivity contribution in [2.75, 3.05) is 33.7 Å². The van der Waals surface area contributed by atoms with Crippen molar-refractivity contribution in [3.05, 3.63) is 0 Å². The van der Waals surface area contributed by atoms with Gasteiger partial charge in [-0.2, -0.15) is 0 Å². The van der Waals surface area contributed by atoms with Gasteiger partial charge in [0.1, 0.15) is 29.3 Å². The van der Waals surface area contributed by atoms with Crippen LogP contribution in [0.3, 0.4) is 0 Å². The van der Waals surface area contributed by atoms with Crippen LogP contribution >= 0.6 is 0 Å². The Morgan fingerprint density at radius 3 is 2.04 bits per heavy atom. The van der Waals surface area contributed by atoms with Gasteiger partial charge in [0.15, 0.2) is 0 Å². The highest BCUT2D eigenvalue weighted by molar-refractivity contribution is 5.98. The fraction of sp³-hybridized carbons (Fsp3) is 0.812. The number of amides is 5. The molecule has 1 aliphatic carbocycles. The number of nitrogens with zero attached hydrogens (tertiary/aromatic N) is 4. The van der Waals surface area contributed by atoms with Crippen LogP contribution in [0.25, 0.3) is 0 Å². The number of likely N-dealkylation sites (N-methyl/N-ethyl adjacent to an activating group) is 2. The van der Waals surface area contributed by atoms with E-state index in [4.69, 9.17) is 4.74 Å². The summed E-state index contributed by atoms with van der Waals surface area (Å²) in [4.78, 5) is 85.7. The molecule has 3 rings (SSSR count). The molecule has 0 bridgehead atoms. The molecule has 13 heteroatoms. The van der Waals surface area contributed by atoms with E-state index in [2.05, 4.69) is 5.32 Å². The van der Waals surface area contributed by atoms with Crippen molar-refractivity contribution in [1.29, 1.82) is 0 Å². The maximum atomic E-state index is 14.3. The largest absolute Gasteiger partial charge is 0.465 e.